The lowest BCUT2D eigenvalue weighted by Gasteiger charge is -2.08. The van der Waals surface area contributed by atoms with Crippen LogP contribution in [-0.4, -0.2) is 4.98 Å². The summed E-state index contributed by atoms with van der Waals surface area (Å²) >= 11 is 0. The smallest absolute Gasteiger partial charge is 0.0447 e. The Morgan fingerprint density at radius 3 is 1.56 bits per heavy atom. The zero-order chi connectivity index (χ0) is 18.3. The topological polar surface area (TPSA) is 12.9 Å². The molecule has 3 aromatic carbocycles. The quantitative estimate of drug-likeness (QED) is 0.425. The standard InChI is InChI=1S/C26H23N/c1-2-8-21(9-3-1)16-22-10-6-11-23(17-22)18-24-12-7-13-25(19-24)20-26-14-4-5-15-27-26/h1-15,17,19H,16,18,20H2. The van der Waals surface area contributed by atoms with Crippen molar-refractivity contribution in [1.82, 2.24) is 4.98 Å². The van der Waals surface area contributed by atoms with Gasteiger partial charge >= 0.3 is 0 Å². The molecule has 0 saturated heterocycles. The van der Waals surface area contributed by atoms with Gasteiger partial charge in [-0.25, -0.2) is 0 Å². The van der Waals surface area contributed by atoms with Crippen molar-refractivity contribution in [2.75, 3.05) is 0 Å². The molecule has 0 bridgehead atoms. The number of nitrogens with zero attached hydrogens (tertiary/aromatic N) is 1. The highest BCUT2D eigenvalue weighted by molar-refractivity contribution is 5.34. The van der Waals surface area contributed by atoms with Crippen LogP contribution >= 0.6 is 0 Å². The minimum absolute atomic E-state index is 0.878. The molecular formula is C26H23N. The van der Waals surface area contributed by atoms with Crippen LogP contribution in [0.15, 0.2) is 103 Å². The molecule has 4 rings (SSSR count). The van der Waals surface area contributed by atoms with Gasteiger partial charge in [-0.15, -0.1) is 0 Å². The first-order chi connectivity index (χ1) is 13.3. The Morgan fingerprint density at radius 2 is 0.963 bits per heavy atom. The molecule has 0 saturated carbocycles. The summed E-state index contributed by atoms with van der Waals surface area (Å²) in [4.78, 5) is 4.44. The summed E-state index contributed by atoms with van der Waals surface area (Å²) in [5.74, 6) is 0. The molecule has 0 atom stereocenters. The van der Waals surface area contributed by atoms with Gasteiger partial charge in [0.2, 0.25) is 0 Å². The van der Waals surface area contributed by atoms with Crippen molar-refractivity contribution in [1.29, 1.82) is 0 Å². The second-order valence-corrected chi connectivity index (χ2v) is 6.98. The largest absolute Gasteiger partial charge is 0.261 e. The second-order valence-electron chi connectivity index (χ2n) is 6.98. The van der Waals surface area contributed by atoms with Gasteiger partial charge in [-0.1, -0.05) is 84.9 Å². The lowest BCUT2D eigenvalue weighted by Crippen LogP contribution is -1.95. The zero-order valence-electron chi connectivity index (χ0n) is 15.4. The summed E-state index contributed by atoms with van der Waals surface area (Å²) in [6, 6.07) is 34.5. The maximum absolute atomic E-state index is 4.44. The highest BCUT2D eigenvalue weighted by atomic mass is 14.7. The molecule has 1 heteroatoms. The second kappa shape index (κ2) is 8.46. The molecule has 0 spiro atoms. The Labute approximate surface area is 161 Å². The van der Waals surface area contributed by atoms with E-state index in [9.17, 15) is 0 Å². The van der Waals surface area contributed by atoms with Crippen LogP contribution in [0.1, 0.15) is 33.5 Å². The highest BCUT2D eigenvalue weighted by Gasteiger charge is 2.03. The SMILES string of the molecule is c1ccc(Cc2cccc(Cc3cccc(Cc4ccccn4)c3)c2)cc1. The van der Waals surface area contributed by atoms with Gasteiger partial charge in [0.15, 0.2) is 0 Å². The molecule has 0 amide bonds. The maximum atomic E-state index is 4.44. The molecule has 0 radical (unpaired) electrons. The predicted octanol–water partition coefficient (Wildman–Crippen LogP) is 5.85. The molecule has 0 fully saturated rings. The molecule has 0 aliphatic rings. The van der Waals surface area contributed by atoms with Gasteiger partial charge in [0.25, 0.3) is 0 Å². The number of aromatic nitrogens is 1. The third kappa shape index (κ3) is 4.92. The van der Waals surface area contributed by atoms with Crippen LogP contribution < -0.4 is 0 Å². The third-order valence-corrected chi connectivity index (χ3v) is 4.75. The van der Waals surface area contributed by atoms with Gasteiger partial charge in [0.1, 0.15) is 0 Å². The molecule has 1 nitrogen and oxygen atoms in total. The van der Waals surface area contributed by atoms with E-state index >= 15 is 0 Å². The van der Waals surface area contributed by atoms with E-state index in [4.69, 9.17) is 0 Å². The fourth-order valence-electron chi connectivity index (χ4n) is 3.48. The van der Waals surface area contributed by atoms with E-state index in [-0.39, 0.29) is 0 Å². The highest BCUT2D eigenvalue weighted by Crippen LogP contribution is 2.17. The normalized spacial score (nSPS) is 10.7. The van der Waals surface area contributed by atoms with Gasteiger partial charge in [-0.3, -0.25) is 4.98 Å². The summed E-state index contributed by atoms with van der Waals surface area (Å²) in [5, 5.41) is 0. The van der Waals surface area contributed by atoms with Crippen LogP contribution in [-0.2, 0) is 19.3 Å². The van der Waals surface area contributed by atoms with Crippen molar-refractivity contribution in [3.05, 3.63) is 137 Å². The van der Waals surface area contributed by atoms with Crippen LogP contribution in [0.5, 0.6) is 0 Å². The van der Waals surface area contributed by atoms with Gasteiger partial charge in [-0.2, -0.15) is 0 Å². The Bertz CT molecular complexity index is 908. The van der Waals surface area contributed by atoms with E-state index < -0.39 is 0 Å². The van der Waals surface area contributed by atoms with Crippen LogP contribution in [0, 0.1) is 0 Å². The summed E-state index contributed by atoms with van der Waals surface area (Å²) in [5.41, 5.74) is 7.85. The van der Waals surface area contributed by atoms with Crippen molar-refractivity contribution < 1.29 is 0 Å². The first-order valence-electron chi connectivity index (χ1n) is 9.45. The lowest BCUT2D eigenvalue weighted by atomic mass is 9.98. The van der Waals surface area contributed by atoms with Crippen molar-refractivity contribution >= 4 is 0 Å². The number of hydrogen-bond acceptors (Lipinski definition) is 1. The molecular weight excluding hydrogens is 326 g/mol. The van der Waals surface area contributed by atoms with Crippen LogP contribution in [0.3, 0.4) is 0 Å². The summed E-state index contributed by atoms with van der Waals surface area (Å²) in [6.45, 7) is 0. The minimum Gasteiger partial charge on any atom is -0.261 e. The number of hydrogen-bond donors (Lipinski definition) is 0. The zero-order valence-corrected chi connectivity index (χ0v) is 15.4. The number of rotatable bonds is 6. The van der Waals surface area contributed by atoms with E-state index in [2.05, 4.69) is 89.9 Å². The maximum Gasteiger partial charge on any atom is 0.0447 e. The van der Waals surface area contributed by atoms with E-state index in [0.29, 0.717) is 0 Å². The number of pyridine rings is 1. The first-order valence-corrected chi connectivity index (χ1v) is 9.45. The van der Waals surface area contributed by atoms with Gasteiger partial charge < -0.3 is 0 Å². The molecule has 0 unspecified atom stereocenters. The lowest BCUT2D eigenvalue weighted by molar-refractivity contribution is 1.06. The van der Waals surface area contributed by atoms with Gasteiger partial charge in [0.05, 0.1) is 0 Å². The summed E-state index contributed by atoms with van der Waals surface area (Å²) < 4.78 is 0. The average molecular weight is 349 g/mol. The van der Waals surface area contributed by atoms with Gasteiger partial charge in [-0.05, 0) is 52.8 Å². The first kappa shape index (κ1) is 17.2. The van der Waals surface area contributed by atoms with Crippen molar-refractivity contribution in [3.63, 3.8) is 0 Å². The molecule has 0 aliphatic heterocycles. The third-order valence-electron chi connectivity index (χ3n) is 4.75. The Hall–Kier alpha value is -3.19. The minimum atomic E-state index is 0.878. The van der Waals surface area contributed by atoms with E-state index in [1.165, 1.54) is 27.8 Å². The van der Waals surface area contributed by atoms with Gasteiger partial charge in [0, 0.05) is 18.3 Å². The summed E-state index contributed by atoms with van der Waals surface area (Å²) in [6.07, 6.45) is 4.67. The Balaban J connectivity index is 1.47. The number of benzene rings is 3. The summed E-state index contributed by atoms with van der Waals surface area (Å²) in [7, 11) is 0. The van der Waals surface area contributed by atoms with Crippen LogP contribution in [0.4, 0.5) is 0 Å². The van der Waals surface area contributed by atoms with Crippen LogP contribution in [0.25, 0.3) is 0 Å². The van der Waals surface area contributed by atoms with E-state index in [1.807, 2.05) is 18.3 Å². The molecule has 27 heavy (non-hydrogen) atoms. The van der Waals surface area contributed by atoms with Crippen molar-refractivity contribution in [2.45, 2.75) is 19.3 Å². The predicted molar refractivity (Wildman–Crippen MR) is 112 cm³/mol. The monoisotopic (exact) mass is 349 g/mol. The van der Waals surface area contributed by atoms with E-state index in [0.717, 1.165) is 25.0 Å². The van der Waals surface area contributed by atoms with E-state index in [1.54, 1.807) is 0 Å². The van der Waals surface area contributed by atoms with Crippen molar-refractivity contribution in [2.24, 2.45) is 0 Å². The average Bonchev–Trinajstić information content (AvgIpc) is 2.70. The molecule has 132 valence electrons. The molecule has 0 N–H and O–H groups in total. The molecule has 1 heterocycles. The Kier molecular flexibility index (Phi) is 5.40. The fourth-order valence-corrected chi connectivity index (χ4v) is 3.48. The molecule has 4 aromatic rings. The fraction of sp³-hybridized carbons (Fsp3) is 0.115. The van der Waals surface area contributed by atoms with Crippen LogP contribution in [0.2, 0.25) is 0 Å². The molecule has 1 aromatic heterocycles. The molecule has 0 aliphatic carbocycles. The Morgan fingerprint density at radius 1 is 0.444 bits per heavy atom. The van der Waals surface area contributed by atoms with Crippen molar-refractivity contribution in [3.8, 4) is 0 Å².